The van der Waals surface area contributed by atoms with Crippen LogP contribution in [0.3, 0.4) is 0 Å². The lowest BCUT2D eigenvalue weighted by Gasteiger charge is -2.18. The fraction of sp³-hybridized carbons (Fsp3) is 0.273. The Kier molecular flexibility index (Phi) is 7.19. The summed E-state index contributed by atoms with van der Waals surface area (Å²) in [6.45, 7) is 1.72. The Bertz CT molecular complexity index is 1100. The molecule has 1 N–H and O–H groups in total. The number of hydrogen-bond acceptors (Lipinski definition) is 2. The van der Waals surface area contributed by atoms with E-state index in [1.807, 2.05) is 0 Å². The van der Waals surface area contributed by atoms with Gasteiger partial charge in [-0.3, -0.25) is 4.79 Å². The fourth-order valence-corrected chi connectivity index (χ4v) is 3.79. The van der Waals surface area contributed by atoms with Gasteiger partial charge in [0, 0.05) is 5.56 Å². The highest BCUT2D eigenvalue weighted by Gasteiger charge is 2.45. The van der Waals surface area contributed by atoms with Gasteiger partial charge in [-0.15, -0.1) is 0 Å². The summed E-state index contributed by atoms with van der Waals surface area (Å²) >= 11 is 17.7. The van der Waals surface area contributed by atoms with E-state index in [1.165, 1.54) is 12.1 Å². The van der Waals surface area contributed by atoms with Crippen LogP contribution in [-0.4, -0.2) is 24.9 Å². The quantitative estimate of drug-likeness (QED) is 0.383. The van der Waals surface area contributed by atoms with E-state index in [0.29, 0.717) is 29.4 Å². The minimum Gasteiger partial charge on any atom is -0.334 e. The van der Waals surface area contributed by atoms with Crippen LogP contribution in [0.2, 0.25) is 21.9 Å². The monoisotopic (exact) mass is 497 g/mol. The smallest absolute Gasteiger partial charge is 0.334 e. The van der Waals surface area contributed by atoms with E-state index in [0.717, 1.165) is 18.2 Å². The maximum absolute atomic E-state index is 13.7. The van der Waals surface area contributed by atoms with Gasteiger partial charge in [-0.25, -0.2) is 0 Å². The number of nitriles is 1. The minimum absolute atomic E-state index is 0.0108. The number of nitrogens with zero attached hydrogens (tertiary/aromatic N) is 1. The molecular formula is C22H16BCl3F3N2O. The molecule has 1 aliphatic carbocycles. The molecule has 2 aromatic carbocycles. The fourth-order valence-electron chi connectivity index (χ4n) is 3.18. The van der Waals surface area contributed by atoms with Crippen LogP contribution >= 0.6 is 34.8 Å². The number of benzene rings is 2. The predicted octanol–water partition coefficient (Wildman–Crippen LogP) is 6.17. The number of amides is 1. The van der Waals surface area contributed by atoms with Crippen LogP contribution in [0.1, 0.15) is 40.2 Å². The highest BCUT2D eigenvalue weighted by molar-refractivity contribution is 6.54. The van der Waals surface area contributed by atoms with Crippen LogP contribution < -0.4 is 10.8 Å². The van der Waals surface area contributed by atoms with Crippen LogP contribution in [0.25, 0.3) is 6.08 Å². The number of alkyl halides is 3. The zero-order valence-electron chi connectivity index (χ0n) is 16.7. The highest BCUT2D eigenvalue weighted by atomic mass is 35.5. The summed E-state index contributed by atoms with van der Waals surface area (Å²) < 4.78 is 41.2. The first-order chi connectivity index (χ1) is 15.0. The van der Waals surface area contributed by atoms with E-state index in [9.17, 15) is 18.0 Å². The molecule has 3 rings (SSSR count). The third kappa shape index (κ3) is 5.43. The number of carbonyl (C=O) groups is 1. The summed E-state index contributed by atoms with van der Waals surface area (Å²) in [6, 6.07) is 9.04. The van der Waals surface area contributed by atoms with Crippen molar-refractivity contribution in [2.24, 2.45) is 0 Å². The van der Waals surface area contributed by atoms with Crippen molar-refractivity contribution >= 4 is 59.5 Å². The minimum atomic E-state index is -4.59. The average molecular weight is 499 g/mol. The molecule has 1 radical (unpaired) electrons. The molecule has 0 saturated heterocycles. The maximum Gasteiger partial charge on any atom is 0.399 e. The number of rotatable bonds is 6. The second-order valence-electron chi connectivity index (χ2n) is 7.46. The number of allylic oxidation sites excluding steroid dienone is 1. The number of halogens is 6. The lowest BCUT2D eigenvalue weighted by atomic mass is 9.70. The van der Waals surface area contributed by atoms with Gasteiger partial charge < -0.3 is 5.32 Å². The molecular weight excluding hydrogens is 482 g/mol. The van der Waals surface area contributed by atoms with Crippen molar-refractivity contribution in [3.05, 3.63) is 68.2 Å². The molecule has 1 unspecified atom stereocenters. The molecule has 0 heterocycles. The number of hydrogen-bond donors (Lipinski definition) is 1. The first-order valence-corrected chi connectivity index (χ1v) is 10.7. The van der Waals surface area contributed by atoms with Crippen LogP contribution in [0.15, 0.2) is 36.4 Å². The van der Waals surface area contributed by atoms with Crippen LogP contribution in [0.5, 0.6) is 0 Å². The zero-order valence-corrected chi connectivity index (χ0v) is 19.0. The topological polar surface area (TPSA) is 52.9 Å². The molecule has 1 aliphatic rings. The Morgan fingerprint density at radius 2 is 1.84 bits per heavy atom. The molecule has 0 aromatic heterocycles. The van der Waals surface area contributed by atoms with E-state index in [1.54, 1.807) is 26.2 Å². The predicted molar refractivity (Wildman–Crippen MR) is 122 cm³/mol. The molecule has 0 aliphatic heterocycles. The molecule has 165 valence electrons. The van der Waals surface area contributed by atoms with Gasteiger partial charge in [0.2, 0.25) is 0 Å². The molecule has 0 spiro atoms. The van der Waals surface area contributed by atoms with Gasteiger partial charge in [-0.1, -0.05) is 71.4 Å². The van der Waals surface area contributed by atoms with E-state index >= 15 is 0 Å². The standard InChI is InChI=1S/C22H16BCl3F3N2O/c1-23-16-8-12(2-4-14(16)20(32)31-21(11-30)6-7-21)3-5-15(22(27,28)29)13-9-17(24)19(26)18(25)10-13/h2-5,8-10,15H,6-7H2,1H3,(H,31,32)/b5-3+. The van der Waals surface area contributed by atoms with Crippen LogP contribution in [0.4, 0.5) is 13.2 Å². The number of nitrogens with one attached hydrogen (secondary N) is 1. The summed E-state index contributed by atoms with van der Waals surface area (Å²) in [5.41, 5.74) is 0.394. The van der Waals surface area contributed by atoms with Crippen molar-refractivity contribution < 1.29 is 18.0 Å². The molecule has 1 amide bonds. The molecule has 1 atom stereocenters. The summed E-state index contributed by atoms with van der Waals surface area (Å²) in [5, 5.41) is 11.7. The van der Waals surface area contributed by atoms with Gasteiger partial charge in [-0.2, -0.15) is 18.4 Å². The second kappa shape index (κ2) is 9.39. The largest absolute Gasteiger partial charge is 0.399 e. The third-order valence-electron chi connectivity index (χ3n) is 5.15. The van der Waals surface area contributed by atoms with Crippen LogP contribution in [0, 0.1) is 11.3 Å². The first-order valence-electron chi connectivity index (χ1n) is 9.56. The van der Waals surface area contributed by atoms with Crippen molar-refractivity contribution in [1.29, 1.82) is 5.26 Å². The van der Waals surface area contributed by atoms with E-state index in [-0.39, 0.29) is 20.6 Å². The molecule has 32 heavy (non-hydrogen) atoms. The summed E-state index contributed by atoms with van der Waals surface area (Å²) in [4.78, 5) is 12.5. The van der Waals surface area contributed by atoms with Crippen molar-refractivity contribution in [2.45, 2.75) is 37.3 Å². The Labute approximate surface area is 199 Å². The highest BCUT2D eigenvalue weighted by Crippen LogP contribution is 2.41. The summed E-state index contributed by atoms with van der Waals surface area (Å²) in [6.07, 6.45) is -1.08. The van der Waals surface area contributed by atoms with Crippen LogP contribution in [-0.2, 0) is 0 Å². The second-order valence-corrected chi connectivity index (χ2v) is 8.65. The van der Waals surface area contributed by atoms with Gasteiger partial charge in [-0.05, 0) is 42.2 Å². The molecule has 1 fully saturated rings. The molecule has 1 saturated carbocycles. The van der Waals surface area contributed by atoms with Gasteiger partial charge in [0.25, 0.3) is 5.91 Å². The van der Waals surface area contributed by atoms with Crippen molar-refractivity contribution in [2.75, 3.05) is 0 Å². The van der Waals surface area contributed by atoms with E-state index in [2.05, 4.69) is 11.4 Å². The molecule has 10 heteroatoms. The van der Waals surface area contributed by atoms with Gasteiger partial charge in [0.1, 0.15) is 12.8 Å². The van der Waals surface area contributed by atoms with Gasteiger partial charge in [0.15, 0.2) is 0 Å². The summed E-state index contributed by atoms with van der Waals surface area (Å²) in [7, 11) is 1.68. The van der Waals surface area contributed by atoms with Gasteiger partial charge in [0.05, 0.1) is 27.1 Å². The Morgan fingerprint density at radius 1 is 1.22 bits per heavy atom. The van der Waals surface area contributed by atoms with Crippen molar-refractivity contribution in [1.82, 2.24) is 5.32 Å². The van der Waals surface area contributed by atoms with Crippen molar-refractivity contribution in [3.63, 3.8) is 0 Å². The Balaban J connectivity index is 1.89. The van der Waals surface area contributed by atoms with Gasteiger partial charge >= 0.3 is 6.18 Å². The van der Waals surface area contributed by atoms with Crippen molar-refractivity contribution in [3.8, 4) is 6.07 Å². The molecule has 3 nitrogen and oxygen atoms in total. The normalized spacial score (nSPS) is 15.8. The molecule has 0 bridgehead atoms. The average Bonchev–Trinajstić information content (AvgIpc) is 3.50. The van der Waals surface area contributed by atoms with E-state index in [4.69, 9.17) is 40.1 Å². The first kappa shape index (κ1) is 24.5. The molecule has 2 aromatic rings. The Hall–Kier alpha value is -2.14. The lowest BCUT2D eigenvalue weighted by Crippen LogP contribution is -2.38. The summed E-state index contributed by atoms with van der Waals surface area (Å²) in [5.74, 6) is -2.36. The lowest BCUT2D eigenvalue weighted by molar-refractivity contribution is -0.139. The van der Waals surface area contributed by atoms with E-state index < -0.39 is 23.5 Å². The maximum atomic E-state index is 13.7. The number of carbonyl (C=O) groups excluding carboxylic acids is 1. The zero-order chi connectivity index (χ0) is 23.7. The SMILES string of the molecule is C[B]c1cc(/C=C/C(c2cc(Cl)c(Cl)c(Cl)c2)C(F)(F)F)ccc1C(=O)NC1(C#N)CC1. The third-order valence-corrected chi connectivity index (χ3v) is 6.34. The Morgan fingerprint density at radius 3 is 2.34 bits per heavy atom.